The average molecular weight is 276 g/mol. The first-order chi connectivity index (χ1) is 9.31. The molecule has 0 atom stereocenters. The molecule has 0 aliphatic heterocycles. The molecule has 4 nitrogen and oxygen atoms in total. The summed E-state index contributed by atoms with van der Waals surface area (Å²) in [6, 6.07) is 4.01. The molecule has 19 heavy (non-hydrogen) atoms. The number of hydrogen-bond donors (Lipinski definition) is 0. The van der Waals surface area contributed by atoms with Gasteiger partial charge in [-0.05, 0) is 25.8 Å². The highest BCUT2D eigenvalue weighted by atomic mass is 32.1. The molecule has 0 radical (unpaired) electrons. The monoisotopic (exact) mass is 276 g/mol. The van der Waals surface area contributed by atoms with Crippen LogP contribution < -0.4 is 9.30 Å². The van der Waals surface area contributed by atoms with E-state index in [9.17, 15) is 0 Å². The second-order valence-electron chi connectivity index (χ2n) is 4.24. The summed E-state index contributed by atoms with van der Waals surface area (Å²) in [5, 5.41) is 0. The van der Waals surface area contributed by atoms with Gasteiger partial charge in [-0.1, -0.05) is 12.2 Å². The molecule has 0 aromatic carbocycles. The first kappa shape index (κ1) is 13.7. The zero-order chi connectivity index (χ0) is 13.5. The Kier molecular flexibility index (Phi) is 5.03. The fourth-order valence-corrected chi connectivity index (χ4v) is 2.24. The van der Waals surface area contributed by atoms with Crippen molar-refractivity contribution in [2.24, 2.45) is 7.05 Å². The highest BCUT2D eigenvalue weighted by molar-refractivity contribution is 6.99. The maximum atomic E-state index is 5.71. The Morgan fingerprint density at radius 1 is 1.42 bits per heavy atom. The summed E-state index contributed by atoms with van der Waals surface area (Å²) in [6.07, 6.45) is 10.2. The first-order valence-corrected chi connectivity index (χ1v) is 7.06. The molecule has 0 bridgehead atoms. The lowest BCUT2D eigenvalue weighted by atomic mass is 10.2. The van der Waals surface area contributed by atoms with E-state index in [2.05, 4.69) is 20.9 Å². The van der Waals surface area contributed by atoms with Crippen LogP contribution in [0.1, 0.15) is 19.8 Å². The lowest BCUT2D eigenvalue weighted by molar-refractivity contribution is -0.671. The Bertz CT molecular complexity index is 551. The molecular formula is C14H18N3OS+. The Balaban J connectivity index is 2.01. The molecule has 100 valence electrons. The van der Waals surface area contributed by atoms with Gasteiger partial charge in [0.15, 0.2) is 18.1 Å². The van der Waals surface area contributed by atoms with Crippen LogP contribution >= 0.6 is 11.7 Å². The van der Waals surface area contributed by atoms with Crippen LogP contribution in [0.5, 0.6) is 5.88 Å². The SMILES string of the molecule is CC=CCCCOc1nsnc1-c1ccc[n+](C)c1. The highest BCUT2D eigenvalue weighted by Gasteiger charge is 2.13. The first-order valence-electron chi connectivity index (χ1n) is 6.33. The van der Waals surface area contributed by atoms with Crippen molar-refractivity contribution in [2.45, 2.75) is 19.8 Å². The second kappa shape index (κ2) is 6.99. The van der Waals surface area contributed by atoms with Crippen LogP contribution in [0.2, 0.25) is 0 Å². The number of allylic oxidation sites excluding steroid dienone is 2. The molecule has 0 amide bonds. The molecule has 0 unspecified atom stereocenters. The van der Waals surface area contributed by atoms with Crippen LogP contribution in [-0.4, -0.2) is 15.4 Å². The fraction of sp³-hybridized carbons (Fsp3) is 0.357. The summed E-state index contributed by atoms with van der Waals surface area (Å²) in [5.41, 5.74) is 1.86. The molecule has 0 N–H and O–H groups in total. The van der Waals surface area contributed by atoms with Crippen molar-refractivity contribution in [3.8, 4) is 17.1 Å². The zero-order valence-electron chi connectivity index (χ0n) is 11.2. The van der Waals surface area contributed by atoms with Crippen molar-refractivity contribution in [1.82, 2.24) is 8.75 Å². The molecule has 0 spiro atoms. The van der Waals surface area contributed by atoms with E-state index in [1.165, 1.54) is 11.7 Å². The number of hydrogen-bond acceptors (Lipinski definition) is 4. The third-order valence-electron chi connectivity index (χ3n) is 2.66. The molecule has 0 aliphatic rings. The van der Waals surface area contributed by atoms with Gasteiger partial charge >= 0.3 is 0 Å². The van der Waals surface area contributed by atoms with Gasteiger partial charge in [0.05, 0.1) is 23.9 Å². The third kappa shape index (κ3) is 3.86. The maximum Gasteiger partial charge on any atom is 0.254 e. The van der Waals surface area contributed by atoms with E-state index in [1.54, 1.807) is 0 Å². The molecule has 0 aliphatic carbocycles. The third-order valence-corrected chi connectivity index (χ3v) is 3.17. The molecule has 2 rings (SSSR count). The molecule has 2 heterocycles. The quantitative estimate of drug-likeness (QED) is 0.462. The number of rotatable bonds is 6. The predicted octanol–water partition coefficient (Wildman–Crippen LogP) is 2.76. The summed E-state index contributed by atoms with van der Waals surface area (Å²) in [4.78, 5) is 0. The minimum Gasteiger partial charge on any atom is -0.475 e. The van der Waals surface area contributed by atoms with E-state index >= 15 is 0 Å². The second-order valence-corrected chi connectivity index (χ2v) is 4.76. The van der Waals surface area contributed by atoms with Gasteiger partial charge in [-0.2, -0.15) is 4.37 Å². The van der Waals surface area contributed by atoms with Crippen LogP contribution in [0.3, 0.4) is 0 Å². The number of nitrogens with zero attached hydrogens (tertiary/aromatic N) is 3. The summed E-state index contributed by atoms with van der Waals surface area (Å²) < 4.78 is 16.2. The number of pyridine rings is 1. The van der Waals surface area contributed by atoms with Crippen LogP contribution in [0.4, 0.5) is 0 Å². The smallest absolute Gasteiger partial charge is 0.254 e. The van der Waals surface area contributed by atoms with Crippen molar-refractivity contribution in [3.63, 3.8) is 0 Å². The number of unbranched alkanes of at least 4 members (excludes halogenated alkanes) is 1. The summed E-state index contributed by atoms with van der Waals surface area (Å²) >= 11 is 1.19. The lowest BCUT2D eigenvalue weighted by Crippen LogP contribution is -2.26. The molecule has 2 aromatic rings. The van der Waals surface area contributed by atoms with Crippen LogP contribution in [0.15, 0.2) is 36.7 Å². The predicted molar refractivity (Wildman–Crippen MR) is 76.1 cm³/mol. The van der Waals surface area contributed by atoms with E-state index in [0.29, 0.717) is 12.5 Å². The molecule has 0 saturated carbocycles. The van der Waals surface area contributed by atoms with Gasteiger partial charge < -0.3 is 4.74 Å². The number of aromatic nitrogens is 3. The highest BCUT2D eigenvalue weighted by Crippen LogP contribution is 2.26. The lowest BCUT2D eigenvalue weighted by Gasteiger charge is -2.03. The van der Waals surface area contributed by atoms with Crippen LogP contribution in [0.25, 0.3) is 11.3 Å². The number of aryl methyl sites for hydroxylation is 1. The van der Waals surface area contributed by atoms with Gasteiger partial charge in [0, 0.05) is 6.07 Å². The largest absolute Gasteiger partial charge is 0.475 e. The van der Waals surface area contributed by atoms with Gasteiger partial charge in [-0.15, -0.1) is 4.37 Å². The zero-order valence-corrected chi connectivity index (χ0v) is 12.1. The Morgan fingerprint density at radius 2 is 2.32 bits per heavy atom. The fourth-order valence-electron chi connectivity index (χ4n) is 1.72. The van der Waals surface area contributed by atoms with Crippen LogP contribution in [-0.2, 0) is 7.05 Å². The Morgan fingerprint density at radius 3 is 3.11 bits per heavy atom. The summed E-state index contributed by atoms with van der Waals surface area (Å²) in [5.74, 6) is 0.636. The van der Waals surface area contributed by atoms with Crippen molar-refractivity contribution in [3.05, 3.63) is 36.7 Å². The van der Waals surface area contributed by atoms with Gasteiger partial charge in [0.1, 0.15) is 7.05 Å². The molecular weight excluding hydrogens is 258 g/mol. The van der Waals surface area contributed by atoms with E-state index < -0.39 is 0 Å². The summed E-state index contributed by atoms with van der Waals surface area (Å²) in [6.45, 7) is 2.69. The van der Waals surface area contributed by atoms with E-state index in [0.717, 1.165) is 24.1 Å². The van der Waals surface area contributed by atoms with Crippen molar-refractivity contribution in [1.29, 1.82) is 0 Å². The standard InChI is InChI=1S/C14H18N3OS/c1-3-4-5-6-10-18-14-13(15-19-16-14)12-8-7-9-17(2)11-12/h3-4,7-9,11H,5-6,10H2,1-2H3/q+1. The normalized spacial score (nSPS) is 11.1. The van der Waals surface area contributed by atoms with Gasteiger partial charge in [0.2, 0.25) is 0 Å². The minimum absolute atomic E-state index is 0.636. The van der Waals surface area contributed by atoms with Crippen molar-refractivity contribution in [2.75, 3.05) is 6.61 Å². The minimum atomic E-state index is 0.636. The molecule has 0 saturated heterocycles. The molecule has 0 fully saturated rings. The molecule has 5 heteroatoms. The van der Waals surface area contributed by atoms with E-state index in [1.807, 2.05) is 43.1 Å². The van der Waals surface area contributed by atoms with Crippen molar-refractivity contribution >= 4 is 11.7 Å². The van der Waals surface area contributed by atoms with Gasteiger partial charge in [0.25, 0.3) is 5.88 Å². The number of ether oxygens (including phenoxy) is 1. The van der Waals surface area contributed by atoms with Gasteiger partial charge in [-0.25, -0.2) is 4.57 Å². The average Bonchev–Trinajstić information content (AvgIpc) is 2.87. The van der Waals surface area contributed by atoms with E-state index in [4.69, 9.17) is 4.74 Å². The Hall–Kier alpha value is -1.75. The molecule has 2 aromatic heterocycles. The topological polar surface area (TPSA) is 38.9 Å². The summed E-state index contributed by atoms with van der Waals surface area (Å²) in [7, 11) is 1.99. The van der Waals surface area contributed by atoms with Crippen molar-refractivity contribution < 1.29 is 9.30 Å². The maximum absolute atomic E-state index is 5.71. The van der Waals surface area contributed by atoms with E-state index in [-0.39, 0.29) is 0 Å². The Labute approximate surface area is 117 Å². The van der Waals surface area contributed by atoms with Gasteiger partial charge in [-0.3, -0.25) is 0 Å². The van der Waals surface area contributed by atoms with Crippen LogP contribution in [0, 0.1) is 0 Å².